The van der Waals surface area contributed by atoms with Crippen molar-refractivity contribution in [2.75, 3.05) is 13.2 Å². The fourth-order valence-corrected chi connectivity index (χ4v) is 4.61. The molecular formula is C37H55NO6. The van der Waals surface area contributed by atoms with Crippen molar-refractivity contribution in [3.05, 3.63) is 71.8 Å². The molecule has 1 amide bonds. The van der Waals surface area contributed by atoms with E-state index in [0.717, 1.165) is 11.1 Å². The zero-order valence-electron chi connectivity index (χ0n) is 28.4. The van der Waals surface area contributed by atoms with Crippen LogP contribution in [0.4, 0.5) is 0 Å². The fourth-order valence-electron chi connectivity index (χ4n) is 4.61. The molecule has 0 saturated heterocycles. The molecule has 244 valence electrons. The number of ether oxygens (including phenoxy) is 3. The van der Waals surface area contributed by atoms with Crippen molar-refractivity contribution in [3.63, 3.8) is 0 Å². The van der Waals surface area contributed by atoms with Crippen LogP contribution in [0.3, 0.4) is 0 Å². The summed E-state index contributed by atoms with van der Waals surface area (Å²) in [4.78, 5) is 39.6. The summed E-state index contributed by atoms with van der Waals surface area (Å²) in [7, 11) is 0. The molecule has 2 rings (SSSR count). The minimum atomic E-state index is -0.742. The highest BCUT2D eigenvalue weighted by molar-refractivity contribution is 5.91. The van der Waals surface area contributed by atoms with Gasteiger partial charge < -0.3 is 19.5 Å². The van der Waals surface area contributed by atoms with Crippen LogP contribution in [0.2, 0.25) is 0 Å². The van der Waals surface area contributed by atoms with Gasteiger partial charge in [-0.15, -0.1) is 0 Å². The molecular weight excluding hydrogens is 554 g/mol. The Labute approximate surface area is 265 Å². The Kier molecular flexibility index (Phi) is 14.7. The van der Waals surface area contributed by atoms with Gasteiger partial charge in [0.1, 0.15) is 6.61 Å². The van der Waals surface area contributed by atoms with E-state index >= 15 is 0 Å². The van der Waals surface area contributed by atoms with Crippen molar-refractivity contribution in [2.45, 2.75) is 101 Å². The number of carbonyl (C=O) groups is 3. The van der Waals surface area contributed by atoms with Gasteiger partial charge in [-0.1, -0.05) is 116 Å². The van der Waals surface area contributed by atoms with Crippen LogP contribution in [0.5, 0.6) is 0 Å². The third-order valence-corrected chi connectivity index (χ3v) is 7.16. The summed E-state index contributed by atoms with van der Waals surface area (Å²) in [5, 5.41) is 2.88. The summed E-state index contributed by atoms with van der Waals surface area (Å²) < 4.78 is 18.1. The normalized spacial score (nSPS) is 14.2. The molecule has 3 atom stereocenters. The number of nitrogens with one attached hydrogen (secondary N) is 1. The summed E-state index contributed by atoms with van der Waals surface area (Å²) in [6, 6.07) is 18.7. The van der Waals surface area contributed by atoms with Crippen molar-refractivity contribution < 1.29 is 28.6 Å². The van der Waals surface area contributed by atoms with Crippen LogP contribution < -0.4 is 5.32 Å². The van der Waals surface area contributed by atoms with Crippen molar-refractivity contribution in [3.8, 4) is 0 Å². The maximum absolute atomic E-state index is 13.6. The zero-order valence-corrected chi connectivity index (χ0v) is 28.4. The lowest BCUT2D eigenvalue weighted by Crippen LogP contribution is -2.45. The van der Waals surface area contributed by atoms with Gasteiger partial charge in [-0.25, -0.2) is 0 Å². The lowest BCUT2D eigenvalue weighted by molar-refractivity contribution is -0.197. The molecule has 1 unspecified atom stereocenters. The predicted molar refractivity (Wildman–Crippen MR) is 175 cm³/mol. The molecule has 44 heavy (non-hydrogen) atoms. The van der Waals surface area contributed by atoms with Gasteiger partial charge in [-0.05, 0) is 41.2 Å². The summed E-state index contributed by atoms with van der Waals surface area (Å²) in [6.45, 7) is 19.2. The molecule has 7 nitrogen and oxygen atoms in total. The molecule has 0 aliphatic carbocycles. The van der Waals surface area contributed by atoms with Gasteiger partial charge in [0.2, 0.25) is 5.91 Å². The van der Waals surface area contributed by atoms with E-state index in [0.29, 0.717) is 19.6 Å². The topological polar surface area (TPSA) is 90.9 Å². The lowest BCUT2D eigenvalue weighted by atomic mass is 9.89. The average molecular weight is 610 g/mol. The van der Waals surface area contributed by atoms with E-state index in [2.05, 4.69) is 46.9 Å². The molecule has 0 aliphatic rings. The van der Waals surface area contributed by atoms with Crippen LogP contribution in [-0.2, 0) is 41.6 Å². The van der Waals surface area contributed by atoms with Gasteiger partial charge in [-0.2, -0.15) is 0 Å². The third-order valence-electron chi connectivity index (χ3n) is 7.16. The first kappa shape index (κ1) is 37.2. The molecule has 0 heterocycles. The van der Waals surface area contributed by atoms with E-state index in [9.17, 15) is 14.4 Å². The number of hydrogen-bond acceptors (Lipinski definition) is 6. The quantitative estimate of drug-likeness (QED) is 0.151. The number of carbonyl (C=O) groups excluding carboxylic acids is 3. The van der Waals surface area contributed by atoms with Crippen molar-refractivity contribution in [1.29, 1.82) is 0 Å². The molecule has 0 bridgehead atoms. The van der Waals surface area contributed by atoms with E-state index in [1.165, 1.54) is 0 Å². The highest BCUT2D eigenvalue weighted by Gasteiger charge is 2.32. The van der Waals surface area contributed by atoms with E-state index in [4.69, 9.17) is 14.2 Å². The first-order valence-corrected chi connectivity index (χ1v) is 15.8. The summed E-state index contributed by atoms with van der Waals surface area (Å²) in [5.74, 6) is -1.89. The largest absolute Gasteiger partial charge is 0.461 e. The highest BCUT2D eigenvalue weighted by atomic mass is 16.7. The van der Waals surface area contributed by atoms with Gasteiger partial charge in [-0.3, -0.25) is 14.4 Å². The number of rotatable bonds is 17. The van der Waals surface area contributed by atoms with E-state index < -0.39 is 24.2 Å². The zero-order chi connectivity index (χ0) is 32.9. The van der Waals surface area contributed by atoms with Crippen molar-refractivity contribution >= 4 is 17.7 Å². The molecule has 2 aromatic rings. The van der Waals surface area contributed by atoms with Gasteiger partial charge in [0.25, 0.3) is 0 Å². The smallest absolute Gasteiger partial charge is 0.306 e. The van der Waals surface area contributed by atoms with Crippen LogP contribution in [0.1, 0.15) is 86.3 Å². The molecule has 0 fully saturated rings. The van der Waals surface area contributed by atoms with E-state index in [1.54, 1.807) is 6.92 Å². The van der Waals surface area contributed by atoms with Crippen LogP contribution in [0.25, 0.3) is 0 Å². The third kappa shape index (κ3) is 14.6. The Bertz CT molecular complexity index is 1130. The maximum atomic E-state index is 13.6. The first-order valence-electron chi connectivity index (χ1n) is 15.8. The second-order valence-electron chi connectivity index (χ2n) is 14.7. The number of amides is 1. The molecule has 0 aromatic heterocycles. The van der Waals surface area contributed by atoms with Gasteiger partial charge >= 0.3 is 5.97 Å². The maximum Gasteiger partial charge on any atom is 0.306 e. The summed E-state index contributed by atoms with van der Waals surface area (Å²) in [5.41, 5.74) is 1.80. The first-order chi connectivity index (χ1) is 20.5. The van der Waals surface area contributed by atoms with Gasteiger partial charge in [0, 0.05) is 12.3 Å². The van der Waals surface area contributed by atoms with Crippen molar-refractivity contribution in [2.24, 2.45) is 28.6 Å². The Balaban J connectivity index is 2.13. The van der Waals surface area contributed by atoms with Gasteiger partial charge in [0.15, 0.2) is 12.1 Å². The second-order valence-corrected chi connectivity index (χ2v) is 14.7. The SMILES string of the molecule is CC(C)[C@H](CC(=O)OCc1ccccc1)C(=O)N[C@@H](C)C(=O)CC(Cc1ccccc1)C(OCC(C)(C)C)OCC(C)(C)C. The summed E-state index contributed by atoms with van der Waals surface area (Å²) >= 11 is 0. The highest BCUT2D eigenvalue weighted by Crippen LogP contribution is 2.26. The Morgan fingerprint density at radius 1 is 0.727 bits per heavy atom. The Morgan fingerprint density at radius 3 is 1.70 bits per heavy atom. The minimum absolute atomic E-state index is 0.0583. The number of hydrogen-bond donors (Lipinski definition) is 1. The monoisotopic (exact) mass is 609 g/mol. The Morgan fingerprint density at radius 2 is 1.23 bits per heavy atom. The fraction of sp³-hybridized carbons (Fsp3) is 0.595. The lowest BCUT2D eigenvalue weighted by Gasteiger charge is -2.33. The standard InChI is InChI=1S/C37H55NO6/c1-26(2)31(22-33(40)42-23-29-18-14-11-15-19-29)34(41)38-27(3)32(39)21-30(20-28-16-12-10-13-17-28)35(43-24-36(4,5)6)44-25-37(7,8)9/h10-19,26-27,30-31,35H,20-25H2,1-9H3,(H,38,41)/t27-,30?,31-/m0/s1. The molecule has 2 aromatic carbocycles. The molecule has 1 N–H and O–H groups in total. The summed E-state index contributed by atoms with van der Waals surface area (Å²) in [6.07, 6.45) is 0.106. The number of esters is 1. The van der Waals surface area contributed by atoms with Crippen LogP contribution in [0.15, 0.2) is 60.7 Å². The molecule has 0 saturated carbocycles. The molecule has 0 spiro atoms. The molecule has 0 aliphatic heterocycles. The van der Waals surface area contributed by atoms with E-state index in [1.807, 2.05) is 74.5 Å². The number of Topliss-reactive ketones (excluding diaryl/α,β-unsaturated/α-hetero) is 1. The second kappa shape index (κ2) is 17.5. The van der Waals surface area contributed by atoms with Crippen LogP contribution >= 0.6 is 0 Å². The number of ketones is 1. The molecule has 0 radical (unpaired) electrons. The van der Waals surface area contributed by atoms with Crippen LogP contribution in [0, 0.1) is 28.6 Å². The average Bonchev–Trinajstić information content (AvgIpc) is 2.94. The minimum Gasteiger partial charge on any atom is -0.461 e. The van der Waals surface area contributed by atoms with Crippen molar-refractivity contribution in [1.82, 2.24) is 5.32 Å². The van der Waals surface area contributed by atoms with E-state index in [-0.39, 0.29) is 53.8 Å². The van der Waals surface area contributed by atoms with Gasteiger partial charge in [0.05, 0.1) is 31.6 Å². The molecule has 7 heteroatoms. The Hall–Kier alpha value is -3.03. The predicted octanol–water partition coefficient (Wildman–Crippen LogP) is 7.17. The van der Waals surface area contributed by atoms with Crippen LogP contribution in [-0.4, -0.2) is 43.2 Å². The number of benzene rings is 2.